The van der Waals surface area contributed by atoms with Gasteiger partial charge >= 0.3 is 0 Å². The second-order valence-electron chi connectivity index (χ2n) is 3.86. The third kappa shape index (κ3) is 1.25. The van der Waals surface area contributed by atoms with Crippen LogP contribution >= 0.6 is 0 Å². The van der Waals surface area contributed by atoms with Crippen LogP contribution in [-0.4, -0.2) is 23.6 Å². The van der Waals surface area contributed by atoms with Crippen molar-refractivity contribution in [1.29, 1.82) is 0 Å². The van der Waals surface area contributed by atoms with Gasteiger partial charge in [-0.25, -0.2) is 4.98 Å². The van der Waals surface area contributed by atoms with Gasteiger partial charge in [-0.3, -0.25) is 0 Å². The highest BCUT2D eigenvalue weighted by molar-refractivity contribution is 5.79. The van der Waals surface area contributed by atoms with Gasteiger partial charge in [0.05, 0.1) is 11.0 Å². The number of aryl methyl sites for hydroxylation is 2. The van der Waals surface area contributed by atoms with Crippen LogP contribution in [0.5, 0.6) is 0 Å². The van der Waals surface area contributed by atoms with Crippen LogP contribution in [0, 0.1) is 6.92 Å². The molecule has 0 bridgehead atoms. The number of rotatable bonds is 1. The summed E-state index contributed by atoms with van der Waals surface area (Å²) in [4.78, 5) is 6.58. The summed E-state index contributed by atoms with van der Waals surface area (Å²) >= 11 is 0. The van der Waals surface area contributed by atoms with E-state index in [1.165, 1.54) is 11.1 Å². The summed E-state index contributed by atoms with van der Waals surface area (Å²) in [6, 6.07) is 6.34. The number of hydrogen-bond donors (Lipinski definition) is 0. The summed E-state index contributed by atoms with van der Waals surface area (Å²) in [5, 5.41) is 0. The van der Waals surface area contributed by atoms with Crippen molar-refractivity contribution in [1.82, 2.24) is 9.55 Å². The van der Waals surface area contributed by atoms with Crippen LogP contribution in [0.3, 0.4) is 0 Å². The molecule has 1 heterocycles. The maximum atomic E-state index is 4.56. The van der Waals surface area contributed by atoms with Crippen molar-refractivity contribution in [2.75, 3.05) is 19.0 Å². The average Bonchev–Trinajstić information content (AvgIpc) is 2.43. The van der Waals surface area contributed by atoms with E-state index in [9.17, 15) is 0 Å². The Morgan fingerprint density at radius 1 is 1.29 bits per heavy atom. The molecular formula is C11H15N3. The van der Waals surface area contributed by atoms with Crippen LogP contribution in [0.15, 0.2) is 18.2 Å². The monoisotopic (exact) mass is 189 g/mol. The number of nitrogens with zero attached hydrogens (tertiary/aromatic N) is 3. The van der Waals surface area contributed by atoms with Gasteiger partial charge in [0.15, 0.2) is 0 Å². The highest BCUT2D eigenvalue weighted by atomic mass is 15.3. The normalized spacial score (nSPS) is 10.9. The fourth-order valence-corrected chi connectivity index (χ4v) is 1.70. The number of anilines is 1. The minimum atomic E-state index is 0.991. The first-order valence-corrected chi connectivity index (χ1v) is 4.70. The van der Waals surface area contributed by atoms with Gasteiger partial charge in [0.1, 0.15) is 0 Å². The molecule has 1 aromatic carbocycles. The topological polar surface area (TPSA) is 21.1 Å². The standard InChI is InChI=1S/C11H15N3/c1-8-5-6-10-9(7-8)12-11(13(2)3)14(10)4/h5-7H,1-4H3. The molecule has 3 nitrogen and oxygen atoms in total. The maximum absolute atomic E-state index is 4.56. The molecule has 0 saturated carbocycles. The summed E-state index contributed by atoms with van der Waals surface area (Å²) < 4.78 is 2.11. The lowest BCUT2D eigenvalue weighted by Gasteiger charge is -2.10. The number of hydrogen-bond acceptors (Lipinski definition) is 2. The Balaban J connectivity index is 2.73. The minimum absolute atomic E-state index is 0.991. The van der Waals surface area contributed by atoms with Crippen molar-refractivity contribution >= 4 is 17.0 Å². The lowest BCUT2D eigenvalue weighted by atomic mass is 10.2. The zero-order valence-electron chi connectivity index (χ0n) is 9.07. The van der Waals surface area contributed by atoms with E-state index in [2.05, 4.69) is 34.7 Å². The second-order valence-corrected chi connectivity index (χ2v) is 3.86. The maximum Gasteiger partial charge on any atom is 0.205 e. The fraction of sp³-hybridized carbons (Fsp3) is 0.364. The first-order valence-electron chi connectivity index (χ1n) is 4.70. The lowest BCUT2D eigenvalue weighted by molar-refractivity contribution is 0.890. The molecule has 0 radical (unpaired) electrons. The van der Waals surface area contributed by atoms with E-state index in [4.69, 9.17) is 0 Å². The van der Waals surface area contributed by atoms with Crippen LogP contribution in [0.1, 0.15) is 5.56 Å². The predicted octanol–water partition coefficient (Wildman–Crippen LogP) is 1.95. The van der Waals surface area contributed by atoms with Gasteiger partial charge in [-0.1, -0.05) is 6.07 Å². The molecule has 0 amide bonds. The predicted molar refractivity (Wildman–Crippen MR) is 59.8 cm³/mol. The van der Waals surface area contributed by atoms with Crippen molar-refractivity contribution in [2.45, 2.75) is 6.92 Å². The van der Waals surface area contributed by atoms with E-state index < -0.39 is 0 Å². The Hall–Kier alpha value is -1.51. The van der Waals surface area contributed by atoms with Crippen LogP contribution in [-0.2, 0) is 7.05 Å². The first kappa shape index (κ1) is 9.06. The highest BCUT2D eigenvalue weighted by Gasteiger charge is 2.08. The third-order valence-electron chi connectivity index (χ3n) is 2.41. The van der Waals surface area contributed by atoms with E-state index in [1.807, 2.05) is 26.0 Å². The molecule has 0 aliphatic heterocycles. The molecule has 1 aromatic heterocycles. The van der Waals surface area contributed by atoms with E-state index >= 15 is 0 Å². The van der Waals surface area contributed by atoms with Crippen molar-refractivity contribution in [3.63, 3.8) is 0 Å². The van der Waals surface area contributed by atoms with E-state index in [0.717, 1.165) is 11.5 Å². The van der Waals surface area contributed by atoms with Crippen molar-refractivity contribution in [3.8, 4) is 0 Å². The van der Waals surface area contributed by atoms with Gasteiger partial charge in [0, 0.05) is 21.1 Å². The van der Waals surface area contributed by atoms with E-state index in [1.54, 1.807) is 0 Å². The summed E-state index contributed by atoms with van der Waals surface area (Å²) in [7, 11) is 6.06. The van der Waals surface area contributed by atoms with Gasteiger partial charge in [-0.05, 0) is 24.6 Å². The van der Waals surface area contributed by atoms with Gasteiger partial charge in [0.25, 0.3) is 0 Å². The molecule has 3 heteroatoms. The molecule has 2 aromatic rings. The zero-order chi connectivity index (χ0) is 10.3. The zero-order valence-corrected chi connectivity index (χ0v) is 9.07. The smallest absolute Gasteiger partial charge is 0.205 e. The molecule has 0 saturated heterocycles. The van der Waals surface area contributed by atoms with Crippen LogP contribution in [0.4, 0.5) is 5.95 Å². The molecule has 2 rings (SSSR count). The summed E-state index contributed by atoms with van der Waals surface area (Å²) in [6.07, 6.45) is 0. The number of aromatic nitrogens is 2. The largest absolute Gasteiger partial charge is 0.348 e. The molecule has 0 spiro atoms. The molecule has 0 unspecified atom stereocenters. The van der Waals surface area contributed by atoms with Crippen molar-refractivity contribution in [3.05, 3.63) is 23.8 Å². The van der Waals surface area contributed by atoms with Gasteiger partial charge < -0.3 is 9.47 Å². The van der Waals surface area contributed by atoms with Crippen LogP contribution < -0.4 is 4.90 Å². The molecule has 0 aliphatic carbocycles. The summed E-state index contributed by atoms with van der Waals surface area (Å²) in [5.74, 6) is 0.991. The van der Waals surface area contributed by atoms with E-state index in [0.29, 0.717) is 0 Å². The van der Waals surface area contributed by atoms with E-state index in [-0.39, 0.29) is 0 Å². The number of benzene rings is 1. The SMILES string of the molecule is Cc1ccc2c(c1)nc(N(C)C)n2C. The summed E-state index contributed by atoms with van der Waals surface area (Å²) in [5.41, 5.74) is 3.50. The Morgan fingerprint density at radius 2 is 2.00 bits per heavy atom. The average molecular weight is 189 g/mol. The Bertz CT molecular complexity index is 469. The molecule has 14 heavy (non-hydrogen) atoms. The second kappa shape index (κ2) is 3.01. The first-order chi connectivity index (χ1) is 6.59. The molecule has 0 atom stereocenters. The number of imidazole rings is 1. The summed E-state index contributed by atoms with van der Waals surface area (Å²) in [6.45, 7) is 2.09. The molecule has 74 valence electrons. The van der Waals surface area contributed by atoms with Crippen molar-refractivity contribution < 1.29 is 0 Å². The minimum Gasteiger partial charge on any atom is -0.348 e. The molecule has 0 N–H and O–H groups in total. The Labute approximate surface area is 84.0 Å². The van der Waals surface area contributed by atoms with Gasteiger partial charge in [-0.15, -0.1) is 0 Å². The molecular weight excluding hydrogens is 174 g/mol. The quantitative estimate of drug-likeness (QED) is 0.683. The Kier molecular flexibility index (Phi) is 1.95. The fourth-order valence-electron chi connectivity index (χ4n) is 1.70. The van der Waals surface area contributed by atoms with Crippen molar-refractivity contribution in [2.24, 2.45) is 7.05 Å². The lowest BCUT2D eigenvalue weighted by Crippen LogP contribution is -2.13. The third-order valence-corrected chi connectivity index (χ3v) is 2.41. The van der Waals surface area contributed by atoms with Crippen LogP contribution in [0.25, 0.3) is 11.0 Å². The molecule has 0 aliphatic rings. The van der Waals surface area contributed by atoms with Gasteiger partial charge in [-0.2, -0.15) is 0 Å². The van der Waals surface area contributed by atoms with Gasteiger partial charge in [0.2, 0.25) is 5.95 Å². The number of fused-ring (bicyclic) bond motifs is 1. The molecule has 0 fully saturated rings. The highest BCUT2D eigenvalue weighted by Crippen LogP contribution is 2.20. The Morgan fingerprint density at radius 3 is 2.64 bits per heavy atom. The van der Waals surface area contributed by atoms with Crippen LogP contribution in [0.2, 0.25) is 0 Å².